The first kappa shape index (κ1) is 13.2. The number of hydrogen-bond acceptors (Lipinski definition) is 4. The standard InChI is InChI=1S/C14H19ClN2O2/c15-12-3-2-11(13(16)8-12)9-17-5-1-4-14(10-17)18-6-7-19-14/h2-3,8H,1,4-7,9-10,16H2. The predicted octanol–water partition coefficient (Wildman–Crippen LogP) is 2.26. The average Bonchev–Trinajstić information content (AvgIpc) is 2.81. The number of nitrogen functional groups attached to an aromatic ring is 1. The molecule has 4 nitrogen and oxygen atoms in total. The van der Waals surface area contributed by atoms with Gasteiger partial charge in [0.15, 0.2) is 5.79 Å². The summed E-state index contributed by atoms with van der Waals surface area (Å²) in [5.74, 6) is -0.376. The molecule has 0 aromatic heterocycles. The van der Waals surface area contributed by atoms with Crippen LogP contribution in [0.1, 0.15) is 18.4 Å². The van der Waals surface area contributed by atoms with Gasteiger partial charge in [-0.3, -0.25) is 4.90 Å². The molecule has 1 spiro atoms. The second kappa shape index (κ2) is 5.29. The van der Waals surface area contributed by atoms with E-state index in [4.69, 9.17) is 26.8 Å². The van der Waals surface area contributed by atoms with Crippen molar-refractivity contribution >= 4 is 17.3 Å². The van der Waals surface area contributed by atoms with Gasteiger partial charge in [0, 0.05) is 23.7 Å². The molecule has 2 aliphatic heterocycles. The summed E-state index contributed by atoms with van der Waals surface area (Å²) in [4.78, 5) is 2.34. The van der Waals surface area contributed by atoms with Crippen molar-refractivity contribution < 1.29 is 9.47 Å². The van der Waals surface area contributed by atoms with Crippen LogP contribution in [0.3, 0.4) is 0 Å². The molecule has 0 aliphatic carbocycles. The van der Waals surface area contributed by atoms with Crippen molar-refractivity contribution in [1.29, 1.82) is 0 Å². The van der Waals surface area contributed by atoms with Crippen LogP contribution in [-0.4, -0.2) is 37.0 Å². The molecular weight excluding hydrogens is 264 g/mol. The molecule has 2 heterocycles. The Morgan fingerprint density at radius 1 is 1.32 bits per heavy atom. The van der Waals surface area contributed by atoms with Crippen molar-refractivity contribution in [2.75, 3.05) is 32.0 Å². The quantitative estimate of drug-likeness (QED) is 0.846. The van der Waals surface area contributed by atoms with Gasteiger partial charge in [-0.05, 0) is 30.7 Å². The van der Waals surface area contributed by atoms with Gasteiger partial charge in [-0.2, -0.15) is 0 Å². The molecule has 104 valence electrons. The highest BCUT2D eigenvalue weighted by molar-refractivity contribution is 6.30. The van der Waals surface area contributed by atoms with Crippen molar-refractivity contribution in [1.82, 2.24) is 4.90 Å². The zero-order valence-electron chi connectivity index (χ0n) is 10.9. The summed E-state index contributed by atoms with van der Waals surface area (Å²) in [5, 5.41) is 0.679. The third kappa shape index (κ3) is 2.87. The van der Waals surface area contributed by atoms with Crippen LogP contribution in [0.25, 0.3) is 0 Å². The van der Waals surface area contributed by atoms with Gasteiger partial charge in [-0.1, -0.05) is 17.7 Å². The maximum absolute atomic E-state index is 6.01. The minimum atomic E-state index is -0.376. The number of likely N-dealkylation sites (tertiary alicyclic amines) is 1. The van der Waals surface area contributed by atoms with Gasteiger partial charge < -0.3 is 15.2 Å². The number of hydrogen-bond donors (Lipinski definition) is 1. The van der Waals surface area contributed by atoms with E-state index in [1.807, 2.05) is 12.1 Å². The monoisotopic (exact) mass is 282 g/mol. The molecular formula is C14H19ClN2O2. The minimum Gasteiger partial charge on any atom is -0.398 e. The van der Waals surface area contributed by atoms with Crippen LogP contribution in [0.4, 0.5) is 5.69 Å². The highest BCUT2D eigenvalue weighted by Crippen LogP contribution is 2.31. The number of anilines is 1. The number of benzene rings is 1. The van der Waals surface area contributed by atoms with Crippen LogP contribution >= 0.6 is 11.6 Å². The molecule has 19 heavy (non-hydrogen) atoms. The zero-order chi connectivity index (χ0) is 13.3. The molecule has 0 saturated carbocycles. The van der Waals surface area contributed by atoms with Crippen LogP contribution in [0, 0.1) is 0 Å². The van der Waals surface area contributed by atoms with Crippen molar-refractivity contribution in [2.24, 2.45) is 0 Å². The van der Waals surface area contributed by atoms with E-state index >= 15 is 0 Å². The van der Waals surface area contributed by atoms with Gasteiger partial charge >= 0.3 is 0 Å². The summed E-state index contributed by atoms with van der Waals surface area (Å²) < 4.78 is 11.6. The summed E-state index contributed by atoms with van der Waals surface area (Å²) in [6, 6.07) is 5.68. The Labute approximate surface area is 118 Å². The lowest BCUT2D eigenvalue weighted by molar-refractivity contribution is -0.190. The molecule has 2 saturated heterocycles. The number of nitrogens with two attached hydrogens (primary N) is 1. The fourth-order valence-corrected chi connectivity index (χ4v) is 3.07. The predicted molar refractivity (Wildman–Crippen MR) is 75.0 cm³/mol. The Morgan fingerprint density at radius 2 is 2.11 bits per heavy atom. The minimum absolute atomic E-state index is 0.376. The van der Waals surface area contributed by atoms with Crippen LogP contribution in [0.5, 0.6) is 0 Å². The van der Waals surface area contributed by atoms with Crippen LogP contribution in [0.2, 0.25) is 5.02 Å². The Bertz CT molecular complexity index is 461. The van der Waals surface area contributed by atoms with Crippen molar-refractivity contribution in [3.63, 3.8) is 0 Å². The Morgan fingerprint density at radius 3 is 2.84 bits per heavy atom. The number of ether oxygens (including phenoxy) is 2. The van der Waals surface area contributed by atoms with Gasteiger partial charge in [0.05, 0.1) is 19.8 Å². The van der Waals surface area contributed by atoms with E-state index in [-0.39, 0.29) is 5.79 Å². The molecule has 2 fully saturated rings. The number of nitrogens with zero attached hydrogens (tertiary/aromatic N) is 1. The van der Waals surface area contributed by atoms with Crippen LogP contribution in [-0.2, 0) is 16.0 Å². The van der Waals surface area contributed by atoms with Gasteiger partial charge in [0.1, 0.15) is 0 Å². The van der Waals surface area contributed by atoms with E-state index < -0.39 is 0 Å². The summed E-state index contributed by atoms with van der Waals surface area (Å²) in [7, 11) is 0. The van der Waals surface area contributed by atoms with E-state index in [0.29, 0.717) is 18.2 Å². The van der Waals surface area contributed by atoms with Crippen molar-refractivity contribution in [2.45, 2.75) is 25.2 Å². The Hall–Kier alpha value is -0.810. The summed E-state index contributed by atoms with van der Waals surface area (Å²) >= 11 is 5.92. The lowest BCUT2D eigenvalue weighted by Crippen LogP contribution is -2.48. The number of rotatable bonds is 2. The molecule has 0 bridgehead atoms. The molecule has 0 unspecified atom stereocenters. The SMILES string of the molecule is Nc1cc(Cl)ccc1CN1CCCC2(C1)OCCO2. The molecule has 1 aromatic rings. The highest BCUT2D eigenvalue weighted by Gasteiger charge is 2.40. The maximum Gasteiger partial charge on any atom is 0.181 e. The molecule has 3 rings (SSSR count). The second-order valence-electron chi connectivity index (χ2n) is 5.26. The van der Waals surface area contributed by atoms with Crippen LogP contribution in [0.15, 0.2) is 18.2 Å². The third-order valence-electron chi connectivity index (χ3n) is 3.81. The molecule has 0 atom stereocenters. The van der Waals surface area contributed by atoms with E-state index in [1.54, 1.807) is 6.07 Å². The molecule has 0 radical (unpaired) electrons. The fourth-order valence-electron chi connectivity index (χ4n) is 2.89. The van der Waals surface area contributed by atoms with E-state index in [2.05, 4.69) is 4.90 Å². The van der Waals surface area contributed by atoms with Crippen molar-refractivity contribution in [3.8, 4) is 0 Å². The van der Waals surface area contributed by atoms with E-state index in [9.17, 15) is 0 Å². The molecule has 0 amide bonds. The van der Waals surface area contributed by atoms with Gasteiger partial charge in [-0.15, -0.1) is 0 Å². The molecule has 2 aliphatic rings. The first-order chi connectivity index (χ1) is 9.17. The van der Waals surface area contributed by atoms with Gasteiger partial charge in [-0.25, -0.2) is 0 Å². The lowest BCUT2D eigenvalue weighted by Gasteiger charge is -2.38. The first-order valence-corrected chi connectivity index (χ1v) is 7.09. The lowest BCUT2D eigenvalue weighted by atomic mass is 10.0. The van der Waals surface area contributed by atoms with E-state index in [1.165, 1.54) is 0 Å². The molecule has 2 N–H and O–H groups in total. The average molecular weight is 283 g/mol. The summed E-state index contributed by atoms with van der Waals surface area (Å²) in [6.45, 7) is 4.09. The zero-order valence-corrected chi connectivity index (χ0v) is 11.7. The van der Waals surface area contributed by atoms with E-state index in [0.717, 1.165) is 43.7 Å². The summed E-state index contributed by atoms with van der Waals surface area (Å²) in [5.41, 5.74) is 7.87. The second-order valence-corrected chi connectivity index (χ2v) is 5.70. The normalized spacial score (nSPS) is 23.0. The fraction of sp³-hybridized carbons (Fsp3) is 0.571. The largest absolute Gasteiger partial charge is 0.398 e. The van der Waals surface area contributed by atoms with Gasteiger partial charge in [0.25, 0.3) is 0 Å². The maximum atomic E-state index is 6.01. The Balaban J connectivity index is 1.69. The Kier molecular flexibility index (Phi) is 3.67. The highest BCUT2D eigenvalue weighted by atomic mass is 35.5. The smallest absolute Gasteiger partial charge is 0.181 e. The molecule has 1 aromatic carbocycles. The van der Waals surface area contributed by atoms with Gasteiger partial charge in [0.2, 0.25) is 0 Å². The number of halogens is 1. The topological polar surface area (TPSA) is 47.7 Å². The van der Waals surface area contributed by atoms with Crippen molar-refractivity contribution in [3.05, 3.63) is 28.8 Å². The summed E-state index contributed by atoms with van der Waals surface area (Å²) in [6.07, 6.45) is 2.08. The van der Waals surface area contributed by atoms with Crippen LogP contribution < -0.4 is 5.73 Å². The molecule has 5 heteroatoms. The first-order valence-electron chi connectivity index (χ1n) is 6.71. The third-order valence-corrected chi connectivity index (χ3v) is 4.05. The number of piperidine rings is 1.